The summed E-state index contributed by atoms with van der Waals surface area (Å²) in [5.74, 6) is -23.8. The summed E-state index contributed by atoms with van der Waals surface area (Å²) >= 11 is 1.31. The summed E-state index contributed by atoms with van der Waals surface area (Å²) in [6, 6.07) is -20.2. The third kappa shape index (κ3) is 47.4. The van der Waals surface area contributed by atoms with Gasteiger partial charge in [-0.15, -0.1) is 0 Å². The minimum atomic E-state index is -1.91. The Morgan fingerprint density at radius 1 is 0.427 bits per heavy atom. The number of guanidine groups is 1. The number of benzene rings is 1. The number of carbonyl (C=O) groups excluding carboxylic acids is 21. The number of likely N-dealkylation sites (tertiary alicyclic amines) is 1. The third-order valence-electron chi connectivity index (χ3n) is 23.9. The van der Waals surface area contributed by atoms with Crippen LogP contribution in [0.25, 0.3) is 0 Å². The van der Waals surface area contributed by atoms with Crippen LogP contribution in [0.2, 0.25) is 0 Å². The van der Waals surface area contributed by atoms with Crippen LogP contribution >= 0.6 is 11.8 Å². The highest BCUT2D eigenvalue weighted by Gasteiger charge is 2.44. The van der Waals surface area contributed by atoms with Crippen LogP contribution in [0.4, 0.5) is 0 Å². The maximum atomic E-state index is 14.8. The predicted octanol–water partition coefficient (Wildman–Crippen LogP) is -8.74. The monoisotopic (exact) mass is 2140 g/mol. The van der Waals surface area contributed by atoms with E-state index in [2.05, 4.69) is 111 Å². The van der Waals surface area contributed by atoms with Crippen LogP contribution in [0.5, 0.6) is 0 Å². The van der Waals surface area contributed by atoms with Crippen molar-refractivity contribution in [2.24, 2.45) is 52.3 Å². The number of unbranched alkanes of at least 4 members (excludes halogenated alkanes) is 2. The number of carboxylic acids is 1. The number of nitrogens with one attached hydrogen (secondary N) is 21. The third-order valence-corrected chi connectivity index (χ3v) is 24.6. The SMILES string of the molecule is CSCC[C@H](NC(=O)[C@H](CCC(=O)O)NC(=O)[C@H](CCCCN)NC(=O)[C@H](CO)NC(=O)[C@H](CCCNC(=N)N)NC(=O)[C@H](CCCCN)NC(=O)[C@H](CO)NC(=O)[C@@H](NC(=O)[C@H](Cc1cnc[nH]1)NC(=O)[C@H](CC(C)C)NC(=O)[C@H](CCC(N)=O)NC(=O)[C@@H](NC(=O)[C@H](C)NC(=O)[C@H](CC(C)C)NC(=O)[C@@H]1CCCN1C(=O)[C@H](Cc1ccccc1)NC(=O)[C@H](CO)NC(=O)[C@H](C)NC(C)=O)C(C)C)C(C)C)C(=O)N[C@@H](C)C(N)=O. The van der Waals surface area contributed by atoms with Crippen LogP contribution in [0.3, 0.4) is 0 Å². The van der Waals surface area contributed by atoms with E-state index in [9.17, 15) is 126 Å². The molecule has 0 saturated carbocycles. The van der Waals surface area contributed by atoms with Crippen LogP contribution in [0.1, 0.15) is 203 Å². The molecule has 0 unspecified atom stereocenters. The van der Waals surface area contributed by atoms with E-state index in [0.717, 1.165) is 0 Å². The van der Waals surface area contributed by atoms with Crippen molar-refractivity contribution in [3.8, 4) is 0 Å². The number of aromatic amines is 1. The first-order valence-corrected chi connectivity index (χ1v) is 51.5. The van der Waals surface area contributed by atoms with Crippen LogP contribution < -0.4 is 130 Å². The van der Waals surface area contributed by atoms with Crippen molar-refractivity contribution >= 4 is 148 Å². The number of thioether (sulfide) groups is 1. The molecule has 0 aliphatic carbocycles. The topological polar surface area (TPSA) is 871 Å². The van der Waals surface area contributed by atoms with Gasteiger partial charge in [-0.25, -0.2) is 4.98 Å². The maximum absolute atomic E-state index is 14.8. The second kappa shape index (κ2) is 68.0. The molecule has 0 spiro atoms. The molecule has 1 fully saturated rings. The Labute approximate surface area is 875 Å². The number of hydrogen-bond donors (Lipinski definition) is 30. The van der Waals surface area contributed by atoms with E-state index >= 15 is 0 Å². The Morgan fingerprint density at radius 2 is 0.800 bits per heavy atom. The van der Waals surface area contributed by atoms with Gasteiger partial charge in [0.2, 0.25) is 124 Å². The number of rotatable bonds is 71. The minimum Gasteiger partial charge on any atom is -0.481 e. The zero-order valence-corrected chi connectivity index (χ0v) is 88.2. The standard InChI is InChI=1S/C95H158N28O26S/c1-48(2)39-64(116-91(146)71-28-22-37-123(71)94(149)67(41-56-23-15-14-16-24-56)117-90(145)68(44-124)118-77(132)53(10)105-55(12)127)85(140)107-54(11)78(133)121-74(50(5)6)92(147)113-61(29-31-72(98)128)84(139)114-65(40-49(3)4)86(141)115-66(42-57-43-102-47-104-57)87(142)122-75(51(7)8)93(148)120-70(46-126)89(144)110-58(25-17-19-34-96)80(135)108-60(27-21-36-103-95(100)101)82(137)119-69(45-125)88(143)109-59(26-18-20-35-97)81(136)111-62(30-32-73(129)130)83(138)112-63(33-38-150-13)79(134)106-52(9)76(99)131/h14-16,23-24,43,47-54,58-71,74-75,124-126H,17-22,25-42,44-46,96-97H2,1-13H3,(H2,98,128)(H2,99,131)(H,102,104)(H,105,127)(H,106,134)(H,107,140)(H,108,135)(H,109,143)(H,110,144)(H,111,136)(H,112,138)(H,113,147)(H,114,139)(H,115,141)(H,116,146)(H,117,145)(H,118,132)(H,119,137)(H,120,148)(H,121,133)(H,122,142)(H,129,130)(H4,100,101,103)/t52-,53-,54-,58-,59-,60-,61-,62-,63-,64-,65-,66-,67-,68-,69-,70-,71-,74-,75-/m0/s1. The number of primary amides is 2. The van der Waals surface area contributed by atoms with E-state index in [0.29, 0.717) is 17.7 Å². The van der Waals surface area contributed by atoms with Crippen molar-refractivity contribution in [3.63, 3.8) is 0 Å². The first kappa shape index (κ1) is 130. The molecule has 840 valence electrons. The lowest BCUT2D eigenvalue weighted by Crippen LogP contribution is -2.62. The lowest BCUT2D eigenvalue weighted by Gasteiger charge is -2.31. The first-order chi connectivity index (χ1) is 70.7. The smallest absolute Gasteiger partial charge is 0.303 e. The van der Waals surface area contributed by atoms with Crippen molar-refractivity contribution < 1.29 is 126 Å². The van der Waals surface area contributed by atoms with Crippen LogP contribution in [0.15, 0.2) is 42.9 Å². The van der Waals surface area contributed by atoms with E-state index in [1.165, 1.54) is 70.7 Å². The summed E-state index contributed by atoms with van der Waals surface area (Å²) < 4.78 is 0. The molecule has 21 amide bonds. The maximum Gasteiger partial charge on any atom is 0.303 e. The van der Waals surface area contributed by atoms with Gasteiger partial charge in [0, 0.05) is 57.6 Å². The zero-order chi connectivity index (χ0) is 113. The van der Waals surface area contributed by atoms with E-state index < -0.39 is 314 Å². The summed E-state index contributed by atoms with van der Waals surface area (Å²) in [5, 5.41) is 96.7. The fraction of sp³-hybridized carbons (Fsp3) is 0.663. The number of carboxylic acid groups (broad SMARTS) is 1. The second-order valence-corrected chi connectivity index (χ2v) is 39.3. The molecule has 19 atom stereocenters. The molecule has 55 heteroatoms. The van der Waals surface area contributed by atoms with Crippen LogP contribution in [0, 0.1) is 29.1 Å². The van der Waals surface area contributed by atoms with Gasteiger partial charge < -0.3 is 160 Å². The first-order valence-electron chi connectivity index (χ1n) is 50.1. The number of imidazole rings is 1. The molecule has 150 heavy (non-hydrogen) atoms. The molecule has 1 aliphatic rings. The minimum absolute atomic E-state index is 0.00804. The van der Waals surface area contributed by atoms with Gasteiger partial charge in [0.25, 0.3) is 0 Å². The predicted molar refractivity (Wildman–Crippen MR) is 547 cm³/mol. The molecule has 1 aromatic heterocycles. The summed E-state index contributed by atoms with van der Waals surface area (Å²) in [7, 11) is 0. The number of aliphatic hydroxyl groups excluding tert-OH is 3. The largest absolute Gasteiger partial charge is 0.481 e. The molecule has 2 aromatic rings. The molecule has 1 saturated heterocycles. The quantitative estimate of drug-likeness (QED) is 0.0166. The highest BCUT2D eigenvalue weighted by atomic mass is 32.2. The molecule has 0 bridgehead atoms. The van der Waals surface area contributed by atoms with Gasteiger partial charge in [0.05, 0.1) is 26.1 Å². The van der Waals surface area contributed by atoms with Crippen LogP contribution in [-0.2, 0) is 118 Å². The normalized spacial score (nSPS) is 15.9. The molecule has 1 aliphatic heterocycles. The summed E-state index contributed by atoms with van der Waals surface area (Å²) in [4.78, 5) is 313. The molecule has 54 nitrogen and oxygen atoms in total. The van der Waals surface area contributed by atoms with E-state index in [4.69, 9.17) is 34.1 Å². The Hall–Kier alpha value is -13.8. The van der Waals surface area contributed by atoms with Gasteiger partial charge in [-0.1, -0.05) is 85.7 Å². The second-order valence-electron chi connectivity index (χ2n) is 38.3. The average Bonchev–Trinajstić information content (AvgIpc) is 1.66. The van der Waals surface area contributed by atoms with Gasteiger partial charge in [0.1, 0.15) is 115 Å². The number of hydrogen-bond acceptors (Lipinski definition) is 30. The van der Waals surface area contributed by atoms with E-state index in [1.54, 1.807) is 78.1 Å². The molecule has 2 heterocycles. The number of nitrogens with zero attached hydrogens (tertiary/aromatic N) is 2. The van der Waals surface area contributed by atoms with Crippen molar-refractivity contribution in [1.82, 2.24) is 116 Å². The van der Waals surface area contributed by atoms with Gasteiger partial charge in [0.15, 0.2) is 5.96 Å². The number of nitrogens with two attached hydrogens (primary N) is 5. The highest BCUT2D eigenvalue weighted by molar-refractivity contribution is 7.98. The number of aliphatic carboxylic acids is 1. The summed E-state index contributed by atoms with van der Waals surface area (Å²) in [6.45, 7) is 15.1. The lowest BCUT2D eigenvalue weighted by molar-refractivity contribution is -0.142. The van der Waals surface area contributed by atoms with Crippen molar-refractivity contribution in [2.75, 3.05) is 58.0 Å². The zero-order valence-electron chi connectivity index (χ0n) is 87.4. The lowest BCUT2D eigenvalue weighted by atomic mass is 9.99. The number of carbonyl (C=O) groups is 22. The molecular weight excluding hydrogens is 1980 g/mol. The number of amides is 21. The van der Waals surface area contributed by atoms with Crippen molar-refractivity contribution in [3.05, 3.63) is 54.1 Å². The molecular formula is C95H158N28O26S. The van der Waals surface area contributed by atoms with E-state index in [1.807, 2.05) is 0 Å². The molecule has 35 N–H and O–H groups in total. The summed E-state index contributed by atoms with van der Waals surface area (Å²) in [5.41, 5.74) is 28.9. The van der Waals surface area contributed by atoms with Gasteiger partial charge in [-0.3, -0.25) is 111 Å². The number of aromatic nitrogens is 2. The van der Waals surface area contributed by atoms with Gasteiger partial charge in [-0.2, -0.15) is 11.8 Å². The average molecular weight is 2140 g/mol. The van der Waals surface area contributed by atoms with Crippen molar-refractivity contribution in [1.29, 1.82) is 5.41 Å². The van der Waals surface area contributed by atoms with Gasteiger partial charge in [-0.05, 0) is 171 Å². The fourth-order valence-corrected chi connectivity index (χ4v) is 16.0. The van der Waals surface area contributed by atoms with Crippen molar-refractivity contribution in [2.45, 2.75) is 320 Å². The fourth-order valence-electron chi connectivity index (χ4n) is 15.6. The Bertz CT molecular complexity index is 4830. The number of H-pyrrole nitrogens is 1. The molecule has 1 aromatic carbocycles. The van der Waals surface area contributed by atoms with Crippen LogP contribution in [-0.4, -0.2) is 344 Å². The highest BCUT2D eigenvalue weighted by Crippen LogP contribution is 2.23. The molecule has 3 rings (SSSR count). The number of aliphatic hydroxyl groups is 3. The Kier molecular flexibility index (Phi) is 59.1. The Morgan fingerprint density at radius 3 is 1.23 bits per heavy atom. The summed E-state index contributed by atoms with van der Waals surface area (Å²) in [6.07, 6.45) is 2.04. The van der Waals surface area contributed by atoms with E-state index in [-0.39, 0.29) is 128 Å². The molecule has 0 radical (unpaired) electrons. The van der Waals surface area contributed by atoms with Gasteiger partial charge >= 0.3 is 5.97 Å². The Balaban J connectivity index is 1.91.